The standard InChI is InChI=1S/C21H25NO4/c1-2-25-20-15-24-13-12-18(20)22-21(23)17-10-6-7-11-19(17)26-14-16-8-4-3-5-9-16/h3-11,18,20H,2,12-15H2,1H3,(H,22,23). The van der Waals surface area contributed by atoms with Crippen molar-refractivity contribution in [2.24, 2.45) is 0 Å². The molecule has 0 radical (unpaired) electrons. The Morgan fingerprint density at radius 2 is 1.92 bits per heavy atom. The molecular weight excluding hydrogens is 330 g/mol. The van der Waals surface area contributed by atoms with Crippen LogP contribution >= 0.6 is 0 Å². The van der Waals surface area contributed by atoms with E-state index in [0.29, 0.717) is 37.7 Å². The summed E-state index contributed by atoms with van der Waals surface area (Å²) in [6.07, 6.45) is 0.624. The number of rotatable bonds is 7. The lowest BCUT2D eigenvalue weighted by Gasteiger charge is -2.32. The van der Waals surface area contributed by atoms with Crippen LogP contribution in [0.2, 0.25) is 0 Å². The van der Waals surface area contributed by atoms with Crippen LogP contribution in [0.4, 0.5) is 0 Å². The molecule has 1 aliphatic heterocycles. The van der Waals surface area contributed by atoms with Gasteiger partial charge in [-0.25, -0.2) is 0 Å². The summed E-state index contributed by atoms with van der Waals surface area (Å²) < 4.78 is 17.1. The molecule has 1 saturated heterocycles. The average Bonchev–Trinajstić information content (AvgIpc) is 2.69. The van der Waals surface area contributed by atoms with Crippen LogP contribution in [0, 0.1) is 0 Å². The second kappa shape index (κ2) is 9.36. The highest BCUT2D eigenvalue weighted by molar-refractivity contribution is 5.97. The van der Waals surface area contributed by atoms with E-state index in [2.05, 4.69) is 5.32 Å². The summed E-state index contributed by atoms with van der Waals surface area (Å²) in [7, 11) is 0. The van der Waals surface area contributed by atoms with Crippen molar-refractivity contribution in [1.29, 1.82) is 0 Å². The fourth-order valence-corrected chi connectivity index (χ4v) is 3.02. The molecule has 1 N–H and O–H groups in total. The van der Waals surface area contributed by atoms with E-state index < -0.39 is 0 Å². The van der Waals surface area contributed by atoms with Gasteiger partial charge in [0, 0.05) is 13.2 Å². The van der Waals surface area contributed by atoms with Gasteiger partial charge in [-0.1, -0.05) is 42.5 Å². The first-order chi connectivity index (χ1) is 12.8. The minimum absolute atomic E-state index is 0.0571. The van der Waals surface area contributed by atoms with Crippen molar-refractivity contribution in [3.05, 3.63) is 65.7 Å². The van der Waals surface area contributed by atoms with Gasteiger partial charge >= 0.3 is 0 Å². The van der Waals surface area contributed by atoms with Crippen LogP contribution < -0.4 is 10.1 Å². The van der Waals surface area contributed by atoms with Gasteiger partial charge in [0.1, 0.15) is 18.5 Å². The van der Waals surface area contributed by atoms with Crippen LogP contribution in [0.15, 0.2) is 54.6 Å². The zero-order valence-electron chi connectivity index (χ0n) is 15.0. The highest BCUT2D eigenvalue weighted by atomic mass is 16.5. The van der Waals surface area contributed by atoms with Gasteiger partial charge in [-0.3, -0.25) is 4.79 Å². The smallest absolute Gasteiger partial charge is 0.255 e. The molecule has 1 amide bonds. The highest BCUT2D eigenvalue weighted by Crippen LogP contribution is 2.21. The molecule has 0 bridgehead atoms. The Morgan fingerprint density at radius 1 is 1.15 bits per heavy atom. The van der Waals surface area contributed by atoms with Crippen LogP contribution in [0.3, 0.4) is 0 Å². The number of ether oxygens (including phenoxy) is 3. The number of hydrogen-bond acceptors (Lipinski definition) is 4. The fraction of sp³-hybridized carbons (Fsp3) is 0.381. The highest BCUT2D eigenvalue weighted by Gasteiger charge is 2.28. The normalized spacial score (nSPS) is 19.7. The summed E-state index contributed by atoms with van der Waals surface area (Å²) in [4.78, 5) is 12.8. The quantitative estimate of drug-likeness (QED) is 0.829. The molecule has 1 heterocycles. The number of nitrogens with one attached hydrogen (secondary N) is 1. The Balaban J connectivity index is 1.67. The third kappa shape index (κ3) is 4.84. The first kappa shape index (κ1) is 18.4. The van der Waals surface area contributed by atoms with E-state index in [1.807, 2.05) is 55.5 Å². The van der Waals surface area contributed by atoms with Crippen LogP contribution in [0.25, 0.3) is 0 Å². The lowest BCUT2D eigenvalue weighted by Crippen LogP contribution is -2.50. The van der Waals surface area contributed by atoms with E-state index in [1.165, 1.54) is 0 Å². The van der Waals surface area contributed by atoms with Crippen molar-refractivity contribution in [2.45, 2.75) is 32.1 Å². The predicted molar refractivity (Wildman–Crippen MR) is 99.3 cm³/mol. The van der Waals surface area contributed by atoms with Crippen molar-refractivity contribution >= 4 is 5.91 Å². The lowest BCUT2D eigenvalue weighted by molar-refractivity contribution is -0.0632. The van der Waals surface area contributed by atoms with Crippen LogP contribution in [-0.2, 0) is 16.1 Å². The molecule has 26 heavy (non-hydrogen) atoms. The average molecular weight is 355 g/mol. The number of amides is 1. The van der Waals surface area contributed by atoms with Crippen molar-refractivity contribution < 1.29 is 19.0 Å². The monoisotopic (exact) mass is 355 g/mol. The third-order valence-corrected chi connectivity index (χ3v) is 4.37. The maximum atomic E-state index is 12.8. The van der Waals surface area contributed by atoms with Crippen molar-refractivity contribution in [1.82, 2.24) is 5.32 Å². The van der Waals surface area contributed by atoms with Crippen LogP contribution in [0.1, 0.15) is 29.3 Å². The van der Waals surface area contributed by atoms with E-state index in [0.717, 1.165) is 12.0 Å². The molecule has 2 aromatic carbocycles. The largest absolute Gasteiger partial charge is 0.488 e. The summed E-state index contributed by atoms with van der Waals surface area (Å²) in [5.74, 6) is 0.430. The number of para-hydroxylation sites is 1. The molecular formula is C21H25NO4. The molecule has 3 rings (SSSR count). The van der Waals surface area contributed by atoms with Gasteiger partial charge in [0.2, 0.25) is 0 Å². The summed E-state index contributed by atoms with van der Waals surface area (Å²) in [6.45, 7) is 4.09. The maximum absolute atomic E-state index is 12.8. The maximum Gasteiger partial charge on any atom is 0.255 e. The summed E-state index contributed by atoms with van der Waals surface area (Å²) >= 11 is 0. The Morgan fingerprint density at radius 3 is 2.73 bits per heavy atom. The lowest BCUT2D eigenvalue weighted by atomic mass is 10.0. The summed E-state index contributed by atoms with van der Waals surface area (Å²) in [5, 5.41) is 3.08. The second-order valence-electron chi connectivity index (χ2n) is 6.21. The second-order valence-corrected chi connectivity index (χ2v) is 6.21. The Hall–Kier alpha value is -2.37. The molecule has 2 unspecified atom stereocenters. The molecule has 138 valence electrons. The Labute approximate surface area is 154 Å². The van der Waals surface area contributed by atoms with Gasteiger partial charge in [-0.15, -0.1) is 0 Å². The molecule has 2 atom stereocenters. The van der Waals surface area contributed by atoms with E-state index in [4.69, 9.17) is 14.2 Å². The molecule has 5 heteroatoms. The van der Waals surface area contributed by atoms with Gasteiger partial charge in [0.25, 0.3) is 5.91 Å². The summed E-state index contributed by atoms with van der Waals surface area (Å²) in [6, 6.07) is 17.2. The number of hydrogen-bond donors (Lipinski definition) is 1. The Bertz CT molecular complexity index is 702. The molecule has 0 aliphatic carbocycles. The minimum atomic E-state index is -0.148. The number of benzene rings is 2. The van der Waals surface area contributed by atoms with Gasteiger partial charge in [0.15, 0.2) is 0 Å². The van der Waals surface area contributed by atoms with E-state index >= 15 is 0 Å². The number of carbonyl (C=O) groups is 1. The van der Waals surface area contributed by atoms with Gasteiger partial charge < -0.3 is 19.5 Å². The fourth-order valence-electron chi connectivity index (χ4n) is 3.02. The van der Waals surface area contributed by atoms with E-state index in [-0.39, 0.29) is 18.1 Å². The molecule has 0 aromatic heterocycles. The van der Waals surface area contributed by atoms with Gasteiger partial charge in [-0.05, 0) is 31.0 Å². The first-order valence-electron chi connectivity index (χ1n) is 9.04. The first-order valence-corrected chi connectivity index (χ1v) is 9.04. The van der Waals surface area contributed by atoms with Gasteiger partial charge in [0.05, 0.1) is 18.2 Å². The SMILES string of the molecule is CCOC1COCCC1NC(=O)c1ccccc1OCc1ccccc1. The molecule has 0 saturated carbocycles. The molecule has 0 spiro atoms. The van der Waals surface area contributed by atoms with Crippen molar-refractivity contribution in [3.63, 3.8) is 0 Å². The van der Waals surface area contributed by atoms with Crippen molar-refractivity contribution in [2.75, 3.05) is 19.8 Å². The number of carbonyl (C=O) groups excluding carboxylic acids is 1. The van der Waals surface area contributed by atoms with Crippen molar-refractivity contribution in [3.8, 4) is 5.75 Å². The molecule has 1 aliphatic rings. The molecule has 2 aromatic rings. The zero-order chi connectivity index (χ0) is 18.2. The van der Waals surface area contributed by atoms with E-state index in [9.17, 15) is 4.79 Å². The minimum Gasteiger partial charge on any atom is -0.488 e. The predicted octanol–water partition coefficient (Wildman–Crippen LogP) is 3.19. The van der Waals surface area contributed by atoms with E-state index in [1.54, 1.807) is 6.07 Å². The summed E-state index contributed by atoms with van der Waals surface area (Å²) in [5.41, 5.74) is 1.59. The zero-order valence-corrected chi connectivity index (χ0v) is 15.0. The molecule has 1 fully saturated rings. The van der Waals surface area contributed by atoms with Crippen LogP contribution in [-0.4, -0.2) is 37.9 Å². The third-order valence-electron chi connectivity index (χ3n) is 4.37. The molecule has 5 nitrogen and oxygen atoms in total. The van der Waals surface area contributed by atoms with Crippen LogP contribution in [0.5, 0.6) is 5.75 Å². The van der Waals surface area contributed by atoms with Gasteiger partial charge in [-0.2, -0.15) is 0 Å². The Kier molecular flexibility index (Phi) is 6.63. The topological polar surface area (TPSA) is 56.8 Å².